The second-order valence-corrected chi connectivity index (χ2v) is 9.53. The maximum atomic E-state index is 11.7. The van der Waals surface area contributed by atoms with Crippen molar-refractivity contribution in [3.8, 4) is 0 Å². The summed E-state index contributed by atoms with van der Waals surface area (Å²) < 4.78 is 23.5. The molecule has 0 radical (unpaired) electrons. The largest absolute Gasteiger partial charge is 0.481 e. The monoisotopic (exact) mass is 416 g/mol. The second kappa shape index (κ2) is 7.57. The predicted octanol–water partition coefficient (Wildman–Crippen LogP) is 4.98. The molecule has 28 heavy (non-hydrogen) atoms. The smallest absolute Gasteiger partial charge is 0.307 e. The van der Waals surface area contributed by atoms with Crippen molar-refractivity contribution in [2.24, 2.45) is 0 Å². The van der Waals surface area contributed by atoms with E-state index in [4.69, 9.17) is 11.6 Å². The van der Waals surface area contributed by atoms with Crippen LogP contribution in [0.2, 0.25) is 5.02 Å². The molecule has 0 aliphatic carbocycles. The zero-order chi connectivity index (χ0) is 20.6. The molecule has 1 atom stereocenters. The summed E-state index contributed by atoms with van der Waals surface area (Å²) in [4.78, 5) is 11.6. The summed E-state index contributed by atoms with van der Waals surface area (Å²) in [6.45, 7) is 3.96. The molecule has 0 bridgehead atoms. The Morgan fingerprint density at radius 1 is 1.11 bits per heavy atom. The molecule has 0 aromatic heterocycles. The molecule has 3 aromatic carbocycles. The summed E-state index contributed by atoms with van der Waals surface area (Å²) in [7, 11) is -3.26. The van der Waals surface area contributed by atoms with Crippen LogP contribution >= 0.6 is 11.6 Å². The third-order valence-electron chi connectivity index (χ3n) is 5.10. The fourth-order valence-electron chi connectivity index (χ4n) is 3.63. The Morgan fingerprint density at radius 2 is 1.75 bits per heavy atom. The third-order valence-corrected chi connectivity index (χ3v) is 6.47. The normalized spacial score (nSPS) is 12.9. The number of aliphatic carboxylic acids is 1. The fourth-order valence-corrected chi connectivity index (χ4v) is 4.44. The molecule has 1 N–H and O–H groups in total. The molecular weight excluding hydrogens is 396 g/mol. The Morgan fingerprint density at radius 3 is 2.32 bits per heavy atom. The Balaban J connectivity index is 2.20. The molecule has 4 nitrogen and oxygen atoms in total. The number of sulfone groups is 1. The molecule has 3 aromatic rings. The number of benzene rings is 3. The first-order chi connectivity index (χ1) is 13.1. The lowest BCUT2D eigenvalue weighted by atomic mass is 9.83. The Labute approximate surface area is 169 Å². The Bertz CT molecular complexity index is 1170. The van der Waals surface area contributed by atoms with Crippen molar-refractivity contribution in [2.75, 3.05) is 6.26 Å². The van der Waals surface area contributed by atoms with Gasteiger partial charge in [0.2, 0.25) is 0 Å². The van der Waals surface area contributed by atoms with Gasteiger partial charge in [0, 0.05) is 17.2 Å². The summed E-state index contributed by atoms with van der Waals surface area (Å²) in [5.74, 6) is -0.948. The third kappa shape index (κ3) is 4.05. The first-order valence-corrected chi connectivity index (χ1v) is 11.1. The first kappa shape index (κ1) is 20.4. The lowest BCUT2D eigenvalue weighted by Gasteiger charge is -2.21. The average molecular weight is 417 g/mol. The number of hydrogen-bond donors (Lipinski definition) is 1. The molecular formula is C22H21ClO4S. The highest BCUT2D eigenvalue weighted by Crippen LogP contribution is 2.36. The summed E-state index contributed by atoms with van der Waals surface area (Å²) >= 11 is 6.23. The van der Waals surface area contributed by atoms with Gasteiger partial charge in [-0.2, -0.15) is 0 Å². The highest BCUT2D eigenvalue weighted by Gasteiger charge is 2.19. The molecule has 0 saturated carbocycles. The number of halogens is 1. The predicted molar refractivity (Wildman–Crippen MR) is 112 cm³/mol. The van der Waals surface area contributed by atoms with E-state index in [2.05, 4.69) is 0 Å². The number of carboxylic acids is 1. The van der Waals surface area contributed by atoms with Crippen LogP contribution in [0.1, 0.15) is 35.1 Å². The van der Waals surface area contributed by atoms with Crippen molar-refractivity contribution in [1.82, 2.24) is 0 Å². The van der Waals surface area contributed by atoms with E-state index < -0.39 is 15.8 Å². The Kier molecular flexibility index (Phi) is 5.50. The van der Waals surface area contributed by atoms with E-state index in [-0.39, 0.29) is 17.2 Å². The van der Waals surface area contributed by atoms with E-state index >= 15 is 0 Å². The van der Waals surface area contributed by atoms with Crippen LogP contribution in [0.25, 0.3) is 10.8 Å². The van der Waals surface area contributed by atoms with Gasteiger partial charge in [-0.05, 0) is 64.2 Å². The van der Waals surface area contributed by atoms with Crippen LogP contribution in [0.4, 0.5) is 0 Å². The van der Waals surface area contributed by atoms with E-state index in [9.17, 15) is 18.3 Å². The zero-order valence-corrected chi connectivity index (χ0v) is 17.4. The van der Waals surface area contributed by atoms with Crippen molar-refractivity contribution in [1.29, 1.82) is 0 Å². The summed E-state index contributed by atoms with van der Waals surface area (Å²) in [6.07, 6.45) is 1.12. The minimum absolute atomic E-state index is 0.0584. The van der Waals surface area contributed by atoms with Crippen molar-refractivity contribution in [3.63, 3.8) is 0 Å². The van der Waals surface area contributed by atoms with Gasteiger partial charge in [0.15, 0.2) is 9.84 Å². The van der Waals surface area contributed by atoms with Gasteiger partial charge in [-0.3, -0.25) is 4.79 Å². The maximum Gasteiger partial charge on any atom is 0.307 e. The van der Waals surface area contributed by atoms with Crippen LogP contribution in [-0.4, -0.2) is 25.7 Å². The van der Waals surface area contributed by atoms with Crippen LogP contribution in [0.15, 0.2) is 53.4 Å². The minimum atomic E-state index is -3.26. The average Bonchev–Trinajstić information content (AvgIpc) is 2.61. The second-order valence-electron chi connectivity index (χ2n) is 7.07. The van der Waals surface area contributed by atoms with Crippen LogP contribution < -0.4 is 0 Å². The van der Waals surface area contributed by atoms with Gasteiger partial charge in [0.05, 0.1) is 11.3 Å². The van der Waals surface area contributed by atoms with Gasteiger partial charge in [0.25, 0.3) is 0 Å². The molecule has 1 unspecified atom stereocenters. The summed E-state index contributed by atoms with van der Waals surface area (Å²) in [6, 6.07) is 14.3. The molecule has 3 rings (SSSR count). The number of carbonyl (C=O) groups is 1. The molecule has 6 heteroatoms. The van der Waals surface area contributed by atoms with E-state index in [0.29, 0.717) is 5.02 Å². The molecule has 0 heterocycles. The van der Waals surface area contributed by atoms with Crippen LogP contribution in [0, 0.1) is 6.92 Å². The molecule has 0 aliphatic rings. The van der Waals surface area contributed by atoms with Crippen LogP contribution in [0.5, 0.6) is 0 Å². The molecule has 0 aliphatic heterocycles. The molecule has 0 fully saturated rings. The fraction of sp³-hybridized carbons (Fsp3) is 0.227. The SMILES string of the molecule is Cc1c(CC(=O)O)cc2ccc(Cl)cc2c1C(C)c1ccc(S(C)(=O)=O)cc1. The van der Waals surface area contributed by atoms with Gasteiger partial charge < -0.3 is 5.11 Å². The van der Waals surface area contributed by atoms with Crippen LogP contribution in [-0.2, 0) is 21.1 Å². The summed E-state index contributed by atoms with van der Waals surface area (Å²) in [5.41, 5.74) is 3.63. The maximum absolute atomic E-state index is 11.7. The van der Waals surface area contributed by atoms with Crippen molar-refractivity contribution < 1.29 is 18.3 Å². The Hall–Kier alpha value is -2.37. The van der Waals surface area contributed by atoms with Crippen LogP contribution in [0.3, 0.4) is 0 Å². The topological polar surface area (TPSA) is 71.4 Å². The molecule has 0 amide bonds. The van der Waals surface area contributed by atoms with Crippen molar-refractivity contribution >= 4 is 38.2 Å². The van der Waals surface area contributed by atoms with Gasteiger partial charge in [-0.1, -0.05) is 42.8 Å². The molecule has 0 saturated heterocycles. The van der Waals surface area contributed by atoms with E-state index in [1.807, 2.05) is 32.0 Å². The number of fused-ring (bicyclic) bond motifs is 1. The first-order valence-electron chi connectivity index (χ1n) is 8.81. The lowest BCUT2D eigenvalue weighted by molar-refractivity contribution is -0.136. The van der Waals surface area contributed by atoms with Gasteiger partial charge in [-0.25, -0.2) is 8.42 Å². The summed E-state index contributed by atoms with van der Waals surface area (Å²) in [5, 5.41) is 11.8. The molecule has 0 spiro atoms. The standard InChI is InChI=1S/C22H21ClO4S/c1-13(15-5-8-19(9-6-15)28(3,26)27)22-14(2)17(11-21(24)25)10-16-4-7-18(23)12-20(16)22/h4-10,12-13H,11H2,1-3H3,(H,24,25). The quantitative estimate of drug-likeness (QED) is 0.636. The number of carboxylic acid groups (broad SMARTS) is 1. The number of hydrogen-bond acceptors (Lipinski definition) is 3. The van der Waals surface area contributed by atoms with Crippen molar-refractivity contribution in [3.05, 3.63) is 75.8 Å². The highest BCUT2D eigenvalue weighted by molar-refractivity contribution is 7.90. The zero-order valence-electron chi connectivity index (χ0n) is 15.9. The van der Waals surface area contributed by atoms with Gasteiger partial charge in [0.1, 0.15) is 0 Å². The van der Waals surface area contributed by atoms with E-state index in [0.717, 1.165) is 33.0 Å². The van der Waals surface area contributed by atoms with Crippen molar-refractivity contribution in [2.45, 2.75) is 31.1 Å². The molecule has 146 valence electrons. The van der Waals surface area contributed by atoms with E-state index in [1.54, 1.807) is 30.3 Å². The van der Waals surface area contributed by atoms with Gasteiger partial charge in [-0.15, -0.1) is 0 Å². The lowest BCUT2D eigenvalue weighted by Crippen LogP contribution is -2.07. The highest BCUT2D eigenvalue weighted by atomic mass is 35.5. The minimum Gasteiger partial charge on any atom is -0.481 e. The van der Waals surface area contributed by atoms with E-state index in [1.165, 1.54) is 6.26 Å². The number of rotatable bonds is 5. The van der Waals surface area contributed by atoms with Gasteiger partial charge >= 0.3 is 5.97 Å².